The first-order valence-corrected chi connectivity index (χ1v) is 5.27. The molecule has 0 N–H and O–H groups in total. The highest BCUT2D eigenvalue weighted by molar-refractivity contribution is 5.10. The number of rotatable bonds is 4. The molecule has 0 aromatic heterocycles. The van der Waals surface area contributed by atoms with Gasteiger partial charge in [0.15, 0.2) is 0 Å². The van der Waals surface area contributed by atoms with E-state index in [-0.39, 0.29) is 0 Å². The first kappa shape index (κ1) is 7.64. The van der Waals surface area contributed by atoms with E-state index in [4.69, 9.17) is 0 Å². The smallest absolute Gasteiger partial charge is 0.0263 e. The molecule has 0 nitrogen and oxygen atoms in total. The number of fused-ring (bicyclic) bond motifs is 1. The zero-order chi connectivity index (χ0) is 7.90. The Bertz CT molecular complexity index is 146. The molecule has 0 heterocycles. The molecular formula is C11H20. The molecule has 2 fully saturated rings. The largest absolute Gasteiger partial charge is 0.0654 e. The predicted molar refractivity (Wildman–Crippen MR) is 48.5 cm³/mol. The molecule has 3 atom stereocenters. The molecule has 0 aromatic rings. The third-order valence-electron chi connectivity index (χ3n) is 3.89. The third kappa shape index (κ3) is 1.21. The number of hydrogen-bond donors (Lipinski definition) is 0. The van der Waals surface area contributed by atoms with Gasteiger partial charge < -0.3 is 0 Å². The van der Waals surface area contributed by atoms with Gasteiger partial charge in [-0.25, -0.2) is 0 Å². The average molecular weight is 152 g/mol. The van der Waals surface area contributed by atoms with Gasteiger partial charge in [-0.1, -0.05) is 26.7 Å². The van der Waals surface area contributed by atoms with Crippen LogP contribution < -0.4 is 0 Å². The fraction of sp³-hybridized carbons (Fsp3) is 1.00. The van der Waals surface area contributed by atoms with Crippen molar-refractivity contribution in [2.75, 3.05) is 0 Å². The second-order valence-corrected chi connectivity index (χ2v) is 4.90. The standard InChI is InChI=1S/C11H20/c1-3-4-9(2)7-11-6-5-10(11)8-11/h9-10H,3-8H2,1-2H3. The van der Waals surface area contributed by atoms with Gasteiger partial charge in [-0.3, -0.25) is 0 Å². The zero-order valence-electron chi connectivity index (χ0n) is 7.90. The molecule has 0 spiro atoms. The minimum Gasteiger partial charge on any atom is -0.0654 e. The van der Waals surface area contributed by atoms with Crippen LogP contribution in [0.15, 0.2) is 0 Å². The normalized spacial score (nSPS) is 42.5. The van der Waals surface area contributed by atoms with E-state index in [1.807, 2.05) is 0 Å². The summed E-state index contributed by atoms with van der Waals surface area (Å²) < 4.78 is 0. The Kier molecular flexibility index (Phi) is 1.74. The van der Waals surface area contributed by atoms with Crippen LogP contribution in [0.25, 0.3) is 0 Å². The van der Waals surface area contributed by atoms with Gasteiger partial charge in [0.1, 0.15) is 0 Å². The van der Waals surface area contributed by atoms with Crippen LogP contribution in [0.1, 0.15) is 52.4 Å². The Hall–Kier alpha value is 0. The quantitative estimate of drug-likeness (QED) is 0.577. The molecule has 2 aliphatic rings. The van der Waals surface area contributed by atoms with Crippen LogP contribution in [-0.4, -0.2) is 0 Å². The first-order valence-electron chi connectivity index (χ1n) is 5.27. The molecule has 2 aliphatic carbocycles. The van der Waals surface area contributed by atoms with E-state index in [0.29, 0.717) is 0 Å². The van der Waals surface area contributed by atoms with Crippen LogP contribution in [0.5, 0.6) is 0 Å². The monoisotopic (exact) mass is 152 g/mol. The second-order valence-electron chi connectivity index (χ2n) is 4.90. The van der Waals surface area contributed by atoms with Crippen molar-refractivity contribution in [2.45, 2.75) is 52.4 Å². The van der Waals surface area contributed by atoms with Gasteiger partial charge in [-0.05, 0) is 42.9 Å². The molecule has 11 heavy (non-hydrogen) atoms. The summed E-state index contributed by atoms with van der Waals surface area (Å²) in [6.07, 6.45) is 9.08. The van der Waals surface area contributed by atoms with Crippen molar-refractivity contribution in [1.29, 1.82) is 0 Å². The van der Waals surface area contributed by atoms with Gasteiger partial charge in [0.05, 0.1) is 0 Å². The molecule has 0 saturated heterocycles. The maximum atomic E-state index is 2.44. The van der Waals surface area contributed by atoms with Gasteiger partial charge in [0.2, 0.25) is 0 Å². The minimum atomic E-state index is 0.911. The SMILES string of the molecule is CCCC(C)CC12CCC1C2. The lowest BCUT2D eigenvalue weighted by Gasteiger charge is -2.28. The molecule has 0 bridgehead atoms. The van der Waals surface area contributed by atoms with Crippen LogP contribution in [0.3, 0.4) is 0 Å². The number of hydrogen-bond acceptors (Lipinski definition) is 0. The van der Waals surface area contributed by atoms with E-state index in [9.17, 15) is 0 Å². The van der Waals surface area contributed by atoms with Crippen LogP contribution in [0.4, 0.5) is 0 Å². The van der Waals surface area contributed by atoms with Crippen LogP contribution in [0.2, 0.25) is 0 Å². The second kappa shape index (κ2) is 2.50. The van der Waals surface area contributed by atoms with E-state index < -0.39 is 0 Å². The molecule has 3 unspecified atom stereocenters. The van der Waals surface area contributed by atoms with E-state index in [1.54, 1.807) is 25.7 Å². The predicted octanol–water partition coefficient (Wildman–Crippen LogP) is 3.61. The van der Waals surface area contributed by atoms with Crippen LogP contribution in [-0.2, 0) is 0 Å². The van der Waals surface area contributed by atoms with Gasteiger partial charge in [0, 0.05) is 0 Å². The van der Waals surface area contributed by atoms with Gasteiger partial charge in [-0.15, -0.1) is 0 Å². The van der Waals surface area contributed by atoms with E-state index in [1.165, 1.54) is 18.8 Å². The lowest BCUT2D eigenvalue weighted by molar-refractivity contribution is 0.229. The topological polar surface area (TPSA) is 0 Å². The summed E-state index contributed by atoms with van der Waals surface area (Å²) in [5, 5.41) is 0. The average Bonchev–Trinajstić information content (AvgIpc) is 2.40. The maximum absolute atomic E-state index is 2.44. The summed E-state index contributed by atoms with van der Waals surface area (Å²) in [6.45, 7) is 4.74. The summed E-state index contributed by atoms with van der Waals surface area (Å²) in [5.74, 6) is 2.19. The van der Waals surface area contributed by atoms with Gasteiger partial charge in [-0.2, -0.15) is 0 Å². The maximum Gasteiger partial charge on any atom is -0.0263 e. The minimum absolute atomic E-state index is 0.911. The third-order valence-corrected chi connectivity index (χ3v) is 3.89. The van der Waals surface area contributed by atoms with Crippen molar-refractivity contribution in [3.05, 3.63) is 0 Å². The van der Waals surface area contributed by atoms with Crippen LogP contribution in [0, 0.1) is 17.3 Å². The van der Waals surface area contributed by atoms with Crippen molar-refractivity contribution in [1.82, 2.24) is 0 Å². The summed E-state index contributed by atoms with van der Waals surface area (Å²) >= 11 is 0. The lowest BCUT2D eigenvalue weighted by Crippen LogP contribution is -2.17. The summed E-state index contributed by atoms with van der Waals surface area (Å²) in [4.78, 5) is 0. The van der Waals surface area contributed by atoms with E-state index in [2.05, 4.69) is 13.8 Å². The highest BCUT2D eigenvalue weighted by atomic mass is 14.6. The molecule has 0 aromatic carbocycles. The lowest BCUT2D eigenvalue weighted by atomic mass is 9.77. The van der Waals surface area contributed by atoms with Gasteiger partial charge >= 0.3 is 0 Å². The van der Waals surface area contributed by atoms with Crippen molar-refractivity contribution in [3.8, 4) is 0 Å². The first-order chi connectivity index (χ1) is 5.27. The van der Waals surface area contributed by atoms with Crippen LogP contribution >= 0.6 is 0 Å². The zero-order valence-corrected chi connectivity index (χ0v) is 7.90. The van der Waals surface area contributed by atoms with Crippen molar-refractivity contribution < 1.29 is 0 Å². The summed E-state index contributed by atoms with van der Waals surface area (Å²) in [6, 6.07) is 0. The molecule has 2 saturated carbocycles. The molecular weight excluding hydrogens is 132 g/mol. The summed E-state index contributed by atoms with van der Waals surface area (Å²) in [5.41, 5.74) is 0.911. The molecule has 64 valence electrons. The molecule has 0 aliphatic heterocycles. The molecule has 0 heteroatoms. The van der Waals surface area contributed by atoms with Gasteiger partial charge in [0.25, 0.3) is 0 Å². The molecule has 2 rings (SSSR count). The summed E-state index contributed by atoms with van der Waals surface area (Å²) in [7, 11) is 0. The highest BCUT2D eigenvalue weighted by Gasteiger charge is 2.60. The Labute approximate surface area is 70.4 Å². The fourth-order valence-electron chi connectivity index (χ4n) is 3.03. The van der Waals surface area contributed by atoms with E-state index in [0.717, 1.165) is 11.3 Å². The van der Waals surface area contributed by atoms with E-state index >= 15 is 0 Å². The van der Waals surface area contributed by atoms with Crippen molar-refractivity contribution >= 4 is 0 Å². The van der Waals surface area contributed by atoms with Crippen molar-refractivity contribution in [3.63, 3.8) is 0 Å². The highest BCUT2D eigenvalue weighted by Crippen LogP contribution is 2.70. The molecule has 0 amide bonds. The fourth-order valence-corrected chi connectivity index (χ4v) is 3.03. The Morgan fingerprint density at radius 2 is 2.36 bits per heavy atom. The Morgan fingerprint density at radius 1 is 1.55 bits per heavy atom. The Morgan fingerprint density at radius 3 is 2.73 bits per heavy atom. The Balaban J connectivity index is 1.73. The van der Waals surface area contributed by atoms with Crippen molar-refractivity contribution in [2.24, 2.45) is 17.3 Å². The molecule has 0 radical (unpaired) electrons.